The van der Waals surface area contributed by atoms with Gasteiger partial charge in [0.1, 0.15) is 12.4 Å². The van der Waals surface area contributed by atoms with Crippen molar-refractivity contribution in [2.75, 3.05) is 0 Å². The SMILES string of the molecule is O=[N+]([O-])c1ccc(OCc2ccccc2Br)c(CBr)c1. The lowest BCUT2D eigenvalue weighted by Crippen LogP contribution is -1.99. The van der Waals surface area contributed by atoms with E-state index in [9.17, 15) is 10.1 Å². The number of rotatable bonds is 5. The van der Waals surface area contributed by atoms with Crippen LogP contribution in [0.5, 0.6) is 5.75 Å². The van der Waals surface area contributed by atoms with E-state index in [1.54, 1.807) is 6.07 Å². The molecule has 0 heterocycles. The third-order valence-corrected chi connectivity index (χ3v) is 4.12. The van der Waals surface area contributed by atoms with Gasteiger partial charge in [0, 0.05) is 33.1 Å². The largest absolute Gasteiger partial charge is 0.489 e. The van der Waals surface area contributed by atoms with Crippen molar-refractivity contribution in [3.05, 3.63) is 68.2 Å². The molecule has 20 heavy (non-hydrogen) atoms. The zero-order valence-electron chi connectivity index (χ0n) is 10.4. The van der Waals surface area contributed by atoms with Gasteiger partial charge in [-0.15, -0.1) is 0 Å². The van der Waals surface area contributed by atoms with E-state index in [0.29, 0.717) is 17.7 Å². The molecule has 0 amide bonds. The van der Waals surface area contributed by atoms with Crippen molar-refractivity contribution in [2.45, 2.75) is 11.9 Å². The van der Waals surface area contributed by atoms with Crippen molar-refractivity contribution in [2.24, 2.45) is 0 Å². The van der Waals surface area contributed by atoms with Crippen LogP contribution in [0.4, 0.5) is 5.69 Å². The second-order valence-electron chi connectivity index (χ2n) is 4.06. The number of hydrogen-bond donors (Lipinski definition) is 0. The number of ether oxygens (including phenoxy) is 1. The molecule has 0 saturated carbocycles. The first-order chi connectivity index (χ1) is 9.61. The minimum absolute atomic E-state index is 0.0627. The van der Waals surface area contributed by atoms with E-state index in [1.165, 1.54) is 12.1 Å². The van der Waals surface area contributed by atoms with Gasteiger partial charge in [-0.1, -0.05) is 50.1 Å². The van der Waals surface area contributed by atoms with Gasteiger partial charge in [0.15, 0.2) is 0 Å². The average Bonchev–Trinajstić information content (AvgIpc) is 2.46. The quantitative estimate of drug-likeness (QED) is 0.410. The van der Waals surface area contributed by atoms with Gasteiger partial charge in [-0.05, 0) is 12.1 Å². The lowest BCUT2D eigenvalue weighted by atomic mass is 10.2. The molecule has 4 nitrogen and oxygen atoms in total. The highest BCUT2D eigenvalue weighted by atomic mass is 79.9. The van der Waals surface area contributed by atoms with Gasteiger partial charge in [0.25, 0.3) is 5.69 Å². The third-order valence-electron chi connectivity index (χ3n) is 2.74. The Balaban J connectivity index is 2.17. The summed E-state index contributed by atoms with van der Waals surface area (Å²) in [5.74, 6) is 0.642. The number of nitrogens with zero attached hydrogens (tertiary/aromatic N) is 1. The second kappa shape index (κ2) is 6.85. The number of nitro groups is 1. The Kier molecular flexibility index (Phi) is 5.14. The van der Waals surface area contributed by atoms with Crippen LogP contribution >= 0.6 is 31.9 Å². The van der Waals surface area contributed by atoms with Crippen molar-refractivity contribution in [3.63, 3.8) is 0 Å². The summed E-state index contributed by atoms with van der Waals surface area (Å²) in [6, 6.07) is 12.4. The molecule has 0 radical (unpaired) electrons. The lowest BCUT2D eigenvalue weighted by molar-refractivity contribution is -0.384. The predicted octanol–water partition coefficient (Wildman–Crippen LogP) is 4.83. The van der Waals surface area contributed by atoms with Gasteiger partial charge >= 0.3 is 0 Å². The summed E-state index contributed by atoms with van der Waals surface area (Å²) < 4.78 is 6.72. The minimum atomic E-state index is -0.413. The maximum atomic E-state index is 10.7. The number of nitro benzene ring substituents is 1. The molecule has 6 heteroatoms. The maximum absolute atomic E-state index is 10.7. The van der Waals surface area contributed by atoms with Crippen molar-refractivity contribution in [1.82, 2.24) is 0 Å². The standard InChI is InChI=1S/C14H11Br2NO3/c15-8-11-7-12(17(18)19)5-6-14(11)20-9-10-3-1-2-4-13(10)16/h1-7H,8-9H2. The van der Waals surface area contributed by atoms with Crippen molar-refractivity contribution in [3.8, 4) is 5.75 Å². The molecule has 2 aromatic carbocycles. The molecule has 0 fully saturated rings. The van der Waals surface area contributed by atoms with Gasteiger partial charge < -0.3 is 4.74 Å². The molecule has 0 unspecified atom stereocenters. The summed E-state index contributed by atoms with van der Waals surface area (Å²) in [4.78, 5) is 10.3. The fourth-order valence-electron chi connectivity index (χ4n) is 1.70. The van der Waals surface area contributed by atoms with Crippen LogP contribution < -0.4 is 4.74 Å². The molecule has 0 aromatic heterocycles. The van der Waals surface area contributed by atoms with Crippen LogP contribution in [0.25, 0.3) is 0 Å². The van der Waals surface area contributed by atoms with E-state index in [0.717, 1.165) is 15.6 Å². The summed E-state index contributed by atoms with van der Waals surface area (Å²) in [7, 11) is 0. The number of benzene rings is 2. The summed E-state index contributed by atoms with van der Waals surface area (Å²) in [6.07, 6.45) is 0. The molecule has 0 saturated heterocycles. The Morgan fingerprint density at radius 1 is 1.15 bits per heavy atom. The Bertz CT molecular complexity index is 632. The van der Waals surface area contributed by atoms with E-state index >= 15 is 0 Å². The monoisotopic (exact) mass is 399 g/mol. The zero-order valence-corrected chi connectivity index (χ0v) is 13.6. The van der Waals surface area contributed by atoms with E-state index in [2.05, 4.69) is 31.9 Å². The van der Waals surface area contributed by atoms with Crippen molar-refractivity contribution >= 4 is 37.5 Å². The van der Waals surface area contributed by atoms with Crippen LogP contribution in [-0.2, 0) is 11.9 Å². The molecule has 0 N–H and O–H groups in total. The van der Waals surface area contributed by atoms with Crippen LogP contribution in [0.15, 0.2) is 46.9 Å². The van der Waals surface area contributed by atoms with Gasteiger partial charge in [-0.2, -0.15) is 0 Å². The molecule has 0 aliphatic carbocycles. The van der Waals surface area contributed by atoms with Gasteiger partial charge in [0.05, 0.1) is 4.92 Å². The number of alkyl halides is 1. The Labute approximate surface area is 133 Å². The smallest absolute Gasteiger partial charge is 0.270 e. The average molecular weight is 401 g/mol. The molecule has 0 atom stereocenters. The van der Waals surface area contributed by atoms with Crippen molar-refractivity contribution in [1.29, 1.82) is 0 Å². The normalized spacial score (nSPS) is 10.3. The number of halogens is 2. The van der Waals surface area contributed by atoms with Gasteiger partial charge in [0.2, 0.25) is 0 Å². The number of non-ortho nitro benzene ring substituents is 1. The molecular formula is C14H11Br2NO3. The van der Waals surface area contributed by atoms with Crippen LogP contribution in [0.3, 0.4) is 0 Å². The van der Waals surface area contributed by atoms with Crippen LogP contribution in [0, 0.1) is 10.1 Å². The fourth-order valence-corrected chi connectivity index (χ4v) is 2.53. The molecule has 2 aromatic rings. The summed E-state index contributed by atoms with van der Waals surface area (Å²) >= 11 is 6.78. The zero-order chi connectivity index (χ0) is 14.5. The molecule has 0 spiro atoms. The van der Waals surface area contributed by atoms with Crippen LogP contribution in [0.1, 0.15) is 11.1 Å². The Morgan fingerprint density at radius 2 is 1.90 bits per heavy atom. The van der Waals surface area contributed by atoms with Gasteiger partial charge in [-0.3, -0.25) is 10.1 Å². The fraction of sp³-hybridized carbons (Fsp3) is 0.143. The van der Waals surface area contributed by atoms with E-state index in [4.69, 9.17) is 4.74 Å². The van der Waals surface area contributed by atoms with E-state index < -0.39 is 4.92 Å². The lowest BCUT2D eigenvalue weighted by Gasteiger charge is -2.11. The number of hydrogen-bond acceptors (Lipinski definition) is 3. The summed E-state index contributed by atoms with van der Waals surface area (Å²) in [6.45, 7) is 0.402. The van der Waals surface area contributed by atoms with E-state index in [1.807, 2.05) is 24.3 Å². The Hall–Kier alpha value is -1.40. The molecule has 0 aliphatic rings. The van der Waals surface area contributed by atoms with Crippen LogP contribution in [0.2, 0.25) is 0 Å². The topological polar surface area (TPSA) is 52.4 Å². The second-order valence-corrected chi connectivity index (χ2v) is 5.48. The summed E-state index contributed by atoms with van der Waals surface area (Å²) in [5, 5.41) is 11.2. The van der Waals surface area contributed by atoms with Crippen LogP contribution in [-0.4, -0.2) is 4.92 Å². The highest BCUT2D eigenvalue weighted by molar-refractivity contribution is 9.10. The minimum Gasteiger partial charge on any atom is -0.489 e. The first kappa shape index (κ1) is 15.0. The molecule has 0 bridgehead atoms. The molecule has 104 valence electrons. The highest BCUT2D eigenvalue weighted by Crippen LogP contribution is 2.27. The predicted molar refractivity (Wildman–Crippen MR) is 84.2 cm³/mol. The first-order valence-corrected chi connectivity index (χ1v) is 7.72. The Morgan fingerprint density at radius 3 is 2.55 bits per heavy atom. The summed E-state index contributed by atoms with van der Waals surface area (Å²) in [5.41, 5.74) is 1.84. The molecule has 0 aliphatic heterocycles. The maximum Gasteiger partial charge on any atom is 0.270 e. The third kappa shape index (κ3) is 3.58. The first-order valence-electron chi connectivity index (χ1n) is 5.81. The van der Waals surface area contributed by atoms with Gasteiger partial charge in [-0.25, -0.2) is 0 Å². The van der Waals surface area contributed by atoms with Crippen molar-refractivity contribution < 1.29 is 9.66 Å². The van der Waals surface area contributed by atoms with E-state index in [-0.39, 0.29) is 5.69 Å². The molecular weight excluding hydrogens is 390 g/mol. The highest BCUT2D eigenvalue weighted by Gasteiger charge is 2.11. The molecule has 2 rings (SSSR count).